The molecule has 2 N–H and O–H groups in total. The van der Waals surface area contributed by atoms with E-state index in [1.54, 1.807) is 18.2 Å². The van der Waals surface area contributed by atoms with Crippen LogP contribution in [0, 0.1) is 11.6 Å². The van der Waals surface area contributed by atoms with E-state index in [0.29, 0.717) is 11.2 Å². The minimum atomic E-state index is -0.644. The molecule has 0 amide bonds. The second-order valence-electron chi connectivity index (χ2n) is 6.45. The minimum absolute atomic E-state index is 0.0163. The Morgan fingerprint density at radius 1 is 1.12 bits per heavy atom. The topological polar surface area (TPSA) is 55.0 Å². The number of halogens is 3. The van der Waals surface area contributed by atoms with Gasteiger partial charge in [-0.15, -0.1) is 0 Å². The molecule has 3 aromatic rings. The Hall–Kier alpha value is -2.31. The summed E-state index contributed by atoms with van der Waals surface area (Å²) in [5.41, 5.74) is 6.22. The summed E-state index contributed by atoms with van der Waals surface area (Å²) in [4.78, 5) is 10.5. The van der Waals surface area contributed by atoms with Gasteiger partial charge in [-0.05, 0) is 25.0 Å². The van der Waals surface area contributed by atoms with Crippen molar-refractivity contribution in [3.8, 4) is 11.1 Å². The zero-order valence-electron chi connectivity index (χ0n) is 13.9. The van der Waals surface area contributed by atoms with Gasteiger partial charge < -0.3 is 10.6 Å². The van der Waals surface area contributed by atoms with Gasteiger partial charge in [0.05, 0.1) is 5.02 Å². The van der Waals surface area contributed by atoms with Crippen LogP contribution in [-0.2, 0) is 0 Å². The maximum absolute atomic E-state index is 15.2. The SMILES string of the molecule is NC1CCN(c2ncnc3c(F)c(-c4ccccc4F)c(Cl)cc23)CC1. The van der Waals surface area contributed by atoms with Crippen LogP contribution >= 0.6 is 11.6 Å². The maximum atomic E-state index is 15.2. The average Bonchev–Trinajstić information content (AvgIpc) is 2.64. The zero-order chi connectivity index (χ0) is 18.3. The number of benzene rings is 2. The second-order valence-corrected chi connectivity index (χ2v) is 6.85. The van der Waals surface area contributed by atoms with Gasteiger partial charge in [-0.3, -0.25) is 0 Å². The predicted octanol–water partition coefficient (Wildman–Crippen LogP) is 4.16. The molecule has 1 aliphatic rings. The van der Waals surface area contributed by atoms with Gasteiger partial charge in [-0.2, -0.15) is 0 Å². The lowest BCUT2D eigenvalue weighted by atomic mass is 10.0. The molecule has 0 spiro atoms. The monoisotopic (exact) mass is 374 g/mol. The molecule has 26 heavy (non-hydrogen) atoms. The summed E-state index contributed by atoms with van der Waals surface area (Å²) in [6.07, 6.45) is 3.01. The summed E-state index contributed by atoms with van der Waals surface area (Å²) in [7, 11) is 0. The van der Waals surface area contributed by atoms with Crippen LogP contribution in [0.3, 0.4) is 0 Å². The Balaban J connectivity index is 1.89. The molecule has 4 nitrogen and oxygen atoms in total. The largest absolute Gasteiger partial charge is 0.356 e. The van der Waals surface area contributed by atoms with E-state index in [4.69, 9.17) is 17.3 Å². The van der Waals surface area contributed by atoms with Crippen molar-refractivity contribution >= 4 is 28.3 Å². The average molecular weight is 375 g/mol. The molecule has 0 atom stereocenters. The van der Waals surface area contributed by atoms with Gasteiger partial charge in [0.2, 0.25) is 0 Å². The Morgan fingerprint density at radius 2 is 1.85 bits per heavy atom. The zero-order valence-corrected chi connectivity index (χ0v) is 14.7. The number of piperidine rings is 1. The number of nitrogens with two attached hydrogens (primary N) is 1. The van der Waals surface area contributed by atoms with Gasteiger partial charge in [0.15, 0.2) is 5.82 Å². The van der Waals surface area contributed by atoms with Gasteiger partial charge in [0, 0.05) is 35.6 Å². The number of nitrogens with zero attached hydrogens (tertiary/aromatic N) is 3. The summed E-state index contributed by atoms with van der Waals surface area (Å²) >= 11 is 6.35. The fourth-order valence-corrected chi connectivity index (χ4v) is 3.68. The molecule has 2 aromatic carbocycles. The van der Waals surface area contributed by atoms with Crippen molar-refractivity contribution in [3.63, 3.8) is 0 Å². The molecule has 1 aromatic heterocycles. The van der Waals surface area contributed by atoms with Crippen molar-refractivity contribution in [3.05, 3.63) is 53.3 Å². The molecule has 0 saturated carbocycles. The van der Waals surface area contributed by atoms with Gasteiger partial charge in [-0.1, -0.05) is 29.8 Å². The summed E-state index contributed by atoms with van der Waals surface area (Å²) in [6, 6.07) is 7.75. The number of hydrogen-bond acceptors (Lipinski definition) is 4. The molecule has 0 bridgehead atoms. The van der Waals surface area contributed by atoms with Gasteiger partial charge >= 0.3 is 0 Å². The third-order valence-corrected chi connectivity index (χ3v) is 5.08. The third kappa shape index (κ3) is 2.89. The Bertz CT molecular complexity index is 971. The van der Waals surface area contributed by atoms with E-state index in [-0.39, 0.29) is 27.7 Å². The molecule has 1 saturated heterocycles. The number of hydrogen-bond donors (Lipinski definition) is 1. The summed E-state index contributed by atoms with van der Waals surface area (Å²) < 4.78 is 29.4. The van der Waals surface area contributed by atoms with Gasteiger partial charge in [0.25, 0.3) is 0 Å². The molecule has 1 aliphatic heterocycles. The molecule has 0 aliphatic carbocycles. The first-order chi connectivity index (χ1) is 12.6. The van der Waals surface area contributed by atoms with Crippen molar-refractivity contribution in [2.45, 2.75) is 18.9 Å². The van der Waals surface area contributed by atoms with E-state index < -0.39 is 11.6 Å². The summed E-state index contributed by atoms with van der Waals surface area (Å²) in [5.74, 6) is -0.551. The first-order valence-corrected chi connectivity index (χ1v) is 8.82. The van der Waals surface area contributed by atoms with E-state index in [9.17, 15) is 4.39 Å². The van der Waals surface area contributed by atoms with Crippen LogP contribution in [-0.4, -0.2) is 29.1 Å². The molecule has 1 fully saturated rings. The summed E-state index contributed by atoms with van der Waals surface area (Å²) in [6.45, 7) is 1.48. The van der Waals surface area contributed by atoms with E-state index in [0.717, 1.165) is 25.9 Å². The maximum Gasteiger partial charge on any atom is 0.159 e. The summed E-state index contributed by atoms with van der Waals surface area (Å²) in [5, 5.41) is 0.649. The smallest absolute Gasteiger partial charge is 0.159 e. The number of fused-ring (bicyclic) bond motifs is 1. The molecular formula is C19H17ClF2N4. The highest BCUT2D eigenvalue weighted by atomic mass is 35.5. The van der Waals surface area contributed by atoms with Gasteiger partial charge in [-0.25, -0.2) is 18.7 Å². The van der Waals surface area contributed by atoms with Crippen LogP contribution in [0.4, 0.5) is 14.6 Å². The van der Waals surface area contributed by atoms with Gasteiger partial charge in [0.1, 0.15) is 23.5 Å². The fraction of sp³-hybridized carbons (Fsp3) is 0.263. The number of anilines is 1. The quantitative estimate of drug-likeness (QED) is 0.732. The Labute approximate surface area is 154 Å². The standard InChI is InChI=1S/C19H17ClF2N4/c20-14-9-13-18(17(22)16(14)12-3-1-2-4-15(12)21)24-10-25-19(13)26-7-5-11(23)6-8-26/h1-4,9-11H,5-8,23H2. The predicted molar refractivity (Wildman–Crippen MR) is 99.3 cm³/mol. The van der Waals surface area contributed by atoms with Crippen LogP contribution in [0.2, 0.25) is 5.02 Å². The molecule has 0 radical (unpaired) electrons. The Kier molecular flexibility index (Phi) is 4.46. The molecule has 134 valence electrons. The van der Waals surface area contributed by atoms with Crippen LogP contribution in [0.1, 0.15) is 12.8 Å². The fourth-order valence-electron chi connectivity index (χ4n) is 3.39. The number of aromatic nitrogens is 2. The first-order valence-electron chi connectivity index (χ1n) is 8.44. The molecule has 0 unspecified atom stereocenters. The van der Waals surface area contributed by atoms with Crippen molar-refractivity contribution in [1.82, 2.24) is 9.97 Å². The molecule has 2 heterocycles. The van der Waals surface area contributed by atoms with Crippen LogP contribution < -0.4 is 10.6 Å². The Morgan fingerprint density at radius 3 is 2.58 bits per heavy atom. The number of rotatable bonds is 2. The minimum Gasteiger partial charge on any atom is -0.356 e. The van der Waals surface area contributed by atoms with Crippen LogP contribution in [0.5, 0.6) is 0 Å². The highest BCUT2D eigenvalue weighted by molar-refractivity contribution is 6.34. The van der Waals surface area contributed by atoms with E-state index in [1.807, 2.05) is 0 Å². The molecule has 7 heteroatoms. The second kappa shape index (κ2) is 6.78. The highest BCUT2D eigenvalue weighted by Crippen LogP contribution is 2.38. The van der Waals surface area contributed by atoms with Crippen LogP contribution in [0.25, 0.3) is 22.0 Å². The van der Waals surface area contributed by atoms with E-state index in [2.05, 4.69) is 14.9 Å². The van der Waals surface area contributed by atoms with E-state index in [1.165, 1.54) is 18.5 Å². The van der Waals surface area contributed by atoms with Crippen molar-refractivity contribution < 1.29 is 8.78 Å². The lowest BCUT2D eigenvalue weighted by molar-refractivity contribution is 0.499. The van der Waals surface area contributed by atoms with Crippen molar-refractivity contribution in [1.29, 1.82) is 0 Å². The van der Waals surface area contributed by atoms with Crippen molar-refractivity contribution in [2.24, 2.45) is 5.73 Å². The third-order valence-electron chi connectivity index (χ3n) is 4.78. The normalized spacial score (nSPS) is 15.6. The van der Waals surface area contributed by atoms with Crippen molar-refractivity contribution in [2.75, 3.05) is 18.0 Å². The van der Waals surface area contributed by atoms with E-state index >= 15 is 4.39 Å². The lowest BCUT2D eigenvalue weighted by Crippen LogP contribution is -2.40. The molecule has 4 rings (SSSR count). The molecular weight excluding hydrogens is 358 g/mol. The highest BCUT2D eigenvalue weighted by Gasteiger charge is 2.23. The lowest BCUT2D eigenvalue weighted by Gasteiger charge is -2.31. The first kappa shape index (κ1) is 17.1. The van der Waals surface area contributed by atoms with Crippen LogP contribution in [0.15, 0.2) is 36.7 Å².